The van der Waals surface area contributed by atoms with E-state index < -0.39 is 0 Å². The molecule has 0 saturated heterocycles. The fraction of sp³-hybridized carbons (Fsp3) is 0.423. The average molecular weight is 377 g/mol. The maximum absolute atomic E-state index is 6.18. The van der Waals surface area contributed by atoms with Crippen LogP contribution in [-0.4, -0.2) is 19.5 Å². The van der Waals surface area contributed by atoms with Crippen LogP contribution < -0.4 is 4.74 Å². The number of methoxy groups -OCH3 is 1. The van der Waals surface area contributed by atoms with E-state index in [9.17, 15) is 0 Å². The van der Waals surface area contributed by atoms with E-state index in [1.807, 2.05) is 36.4 Å². The standard InChI is InChI=1S/C26H32O2/c1-20-12-17-24(26(2,3)22-10-6-5-7-11-22)25(19-20)28-18-8-9-21-13-15-23(27-4)16-14-21/h5-11,13-16,20,24-25H,12,17,19H2,1-4H3/b9-8+/t20-,24-,25-/m1/s1. The molecule has 0 bridgehead atoms. The van der Waals surface area contributed by atoms with Gasteiger partial charge in [0.25, 0.3) is 6.10 Å². The lowest BCUT2D eigenvalue weighted by Gasteiger charge is -2.39. The molecule has 2 aromatic carbocycles. The predicted molar refractivity (Wildman–Crippen MR) is 117 cm³/mol. The Labute approximate surface area is 169 Å². The molecule has 3 atom stereocenters. The molecule has 0 unspecified atom stereocenters. The van der Waals surface area contributed by atoms with Gasteiger partial charge in [-0.25, -0.2) is 0 Å². The summed E-state index contributed by atoms with van der Waals surface area (Å²) in [4.78, 5) is 0. The largest absolute Gasteiger partial charge is 0.497 e. The van der Waals surface area contributed by atoms with Crippen molar-refractivity contribution in [3.05, 3.63) is 71.8 Å². The molecule has 0 aromatic heterocycles. The van der Waals surface area contributed by atoms with Gasteiger partial charge in [-0.15, -0.1) is 11.6 Å². The van der Waals surface area contributed by atoms with Crippen LogP contribution in [0.15, 0.2) is 60.7 Å². The predicted octanol–water partition coefficient (Wildman–Crippen LogP) is 6.14. The molecule has 1 aliphatic rings. The highest BCUT2D eigenvalue weighted by Gasteiger charge is 2.44. The molecule has 0 spiro atoms. The van der Waals surface area contributed by atoms with Gasteiger partial charge in [0.15, 0.2) is 0 Å². The zero-order valence-corrected chi connectivity index (χ0v) is 17.5. The fourth-order valence-corrected chi connectivity index (χ4v) is 4.34. The van der Waals surface area contributed by atoms with E-state index in [1.54, 1.807) is 7.11 Å². The Balaban J connectivity index is 1.73. The molecule has 0 heterocycles. The molecule has 1 saturated carbocycles. The molecular weight excluding hydrogens is 344 g/mol. The second-order valence-electron chi connectivity index (χ2n) is 8.49. The minimum Gasteiger partial charge on any atom is -0.497 e. The first-order chi connectivity index (χ1) is 13.5. The summed E-state index contributed by atoms with van der Waals surface area (Å²) < 4.78 is 11.4. The minimum absolute atomic E-state index is 0.0768. The zero-order valence-electron chi connectivity index (χ0n) is 17.5. The Hall–Kier alpha value is -2.35. The molecular formula is C26H32O2. The van der Waals surface area contributed by atoms with Crippen LogP contribution in [0.5, 0.6) is 5.75 Å². The van der Waals surface area contributed by atoms with Gasteiger partial charge in [-0.2, -0.15) is 6.08 Å². The first-order valence-corrected chi connectivity index (χ1v) is 10.3. The van der Waals surface area contributed by atoms with Crippen LogP contribution in [0.4, 0.5) is 0 Å². The van der Waals surface area contributed by atoms with Gasteiger partial charge in [0.2, 0.25) is 6.29 Å². The molecule has 0 aliphatic heterocycles. The van der Waals surface area contributed by atoms with Crippen LogP contribution in [0.1, 0.15) is 51.2 Å². The van der Waals surface area contributed by atoms with Gasteiger partial charge in [-0.1, -0.05) is 63.2 Å². The Morgan fingerprint density at radius 3 is 2.43 bits per heavy atom. The van der Waals surface area contributed by atoms with Crippen LogP contribution in [-0.2, 0) is 9.84 Å². The quantitative estimate of drug-likeness (QED) is 0.337. The van der Waals surface area contributed by atoms with Gasteiger partial charge in [-0.05, 0) is 36.5 Å². The average Bonchev–Trinajstić information content (AvgIpc) is 2.72. The van der Waals surface area contributed by atoms with Crippen LogP contribution >= 0.6 is 0 Å². The van der Waals surface area contributed by atoms with Crippen LogP contribution in [0.25, 0.3) is 6.08 Å². The first-order valence-electron chi connectivity index (χ1n) is 10.3. The van der Waals surface area contributed by atoms with Crippen molar-refractivity contribution < 1.29 is 9.16 Å². The van der Waals surface area contributed by atoms with Gasteiger partial charge in [0.05, 0.1) is 13.0 Å². The Bertz CT molecular complexity index is 787. The number of ether oxygens (including phenoxy) is 1. The first kappa shape index (κ1) is 20.4. The summed E-state index contributed by atoms with van der Waals surface area (Å²) in [6.07, 6.45) is 10.7. The number of carbonyl (C=O) groups excluding carboxylic acids is 1. The van der Waals surface area contributed by atoms with Crippen molar-refractivity contribution in [1.82, 2.24) is 0 Å². The summed E-state index contributed by atoms with van der Waals surface area (Å²) in [5, 5.41) is 0. The normalized spacial score (nSPS) is 23.4. The second kappa shape index (κ2) is 9.23. The minimum atomic E-state index is 0.0768. The van der Waals surface area contributed by atoms with Gasteiger partial charge >= 0.3 is 0 Å². The van der Waals surface area contributed by atoms with Crippen molar-refractivity contribution in [3.63, 3.8) is 0 Å². The molecule has 3 rings (SSSR count). The van der Waals surface area contributed by atoms with Crippen LogP contribution in [0.3, 0.4) is 0 Å². The monoisotopic (exact) mass is 376 g/mol. The van der Waals surface area contributed by atoms with E-state index in [0.29, 0.717) is 11.8 Å². The van der Waals surface area contributed by atoms with Gasteiger partial charge in [-0.3, -0.25) is 0 Å². The molecule has 2 heteroatoms. The molecule has 148 valence electrons. The summed E-state index contributed by atoms with van der Waals surface area (Å²) in [6.45, 7) is 7.04. The molecule has 2 aromatic rings. The molecule has 1 fully saturated rings. The lowest BCUT2D eigenvalue weighted by Crippen LogP contribution is -2.41. The van der Waals surface area contributed by atoms with Crippen molar-refractivity contribution >= 4 is 12.4 Å². The maximum Gasteiger partial charge on any atom is 0.252 e. The van der Waals surface area contributed by atoms with Crippen LogP contribution in [0.2, 0.25) is 0 Å². The molecule has 0 radical (unpaired) electrons. The number of allylic oxidation sites excluding steroid dienone is 1. The van der Waals surface area contributed by atoms with Crippen LogP contribution in [0, 0.1) is 11.8 Å². The van der Waals surface area contributed by atoms with E-state index in [-0.39, 0.29) is 11.5 Å². The van der Waals surface area contributed by atoms with E-state index in [2.05, 4.69) is 57.4 Å². The summed E-state index contributed by atoms with van der Waals surface area (Å²) in [5.41, 5.74) is 2.57. The summed E-state index contributed by atoms with van der Waals surface area (Å²) in [6, 6.07) is 18.8. The number of hydrogen-bond acceptors (Lipinski definition) is 1. The SMILES string of the molecule is COc1ccc(/C=C/[C-]=[O+][C@@H]2C[C@H](C)CC[C@H]2C(C)(C)c2ccccc2)cc1. The van der Waals surface area contributed by atoms with E-state index >= 15 is 0 Å². The third-order valence-electron chi connectivity index (χ3n) is 6.18. The lowest BCUT2D eigenvalue weighted by molar-refractivity contribution is -0.0784. The molecule has 1 aliphatic carbocycles. The second-order valence-corrected chi connectivity index (χ2v) is 8.49. The zero-order chi connectivity index (χ0) is 20.0. The summed E-state index contributed by atoms with van der Waals surface area (Å²) in [7, 11) is 1.68. The number of rotatable bonds is 6. The third kappa shape index (κ3) is 4.92. The van der Waals surface area contributed by atoms with E-state index in [4.69, 9.17) is 9.16 Å². The molecule has 0 N–H and O–H groups in total. The fourth-order valence-electron chi connectivity index (χ4n) is 4.34. The molecule has 2 nitrogen and oxygen atoms in total. The molecule has 28 heavy (non-hydrogen) atoms. The van der Waals surface area contributed by atoms with Gasteiger partial charge in [0, 0.05) is 11.8 Å². The number of benzene rings is 2. The third-order valence-corrected chi connectivity index (χ3v) is 6.18. The maximum atomic E-state index is 6.18. The number of hydrogen-bond donors (Lipinski definition) is 0. The van der Waals surface area contributed by atoms with Crippen molar-refractivity contribution in [3.8, 4) is 5.75 Å². The smallest absolute Gasteiger partial charge is 0.252 e. The van der Waals surface area contributed by atoms with Gasteiger partial charge in [0.1, 0.15) is 5.75 Å². The summed E-state index contributed by atoms with van der Waals surface area (Å²) in [5.74, 6) is 2.04. The Morgan fingerprint density at radius 2 is 1.75 bits per heavy atom. The summed E-state index contributed by atoms with van der Waals surface area (Å²) >= 11 is 0. The Morgan fingerprint density at radius 1 is 1.04 bits per heavy atom. The Kier molecular flexibility index (Phi) is 6.72. The van der Waals surface area contributed by atoms with E-state index in [1.165, 1.54) is 18.4 Å². The highest BCUT2D eigenvalue weighted by molar-refractivity contribution is 5.75. The van der Waals surface area contributed by atoms with Crippen molar-refractivity contribution in [2.45, 2.75) is 51.6 Å². The topological polar surface area (TPSA) is 20.5 Å². The lowest BCUT2D eigenvalue weighted by atomic mass is 9.64. The van der Waals surface area contributed by atoms with Gasteiger partial charge < -0.3 is 9.16 Å². The highest BCUT2D eigenvalue weighted by Crippen LogP contribution is 2.42. The molecule has 0 amide bonds. The van der Waals surface area contributed by atoms with Crippen molar-refractivity contribution in [1.29, 1.82) is 0 Å². The highest BCUT2D eigenvalue weighted by atomic mass is 16.5. The van der Waals surface area contributed by atoms with E-state index in [0.717, 1.165) is 17.7 Å². The van der Waals surface area contributed by atoms with Crippen molar-refractivity contribution in [2.24, 2.45) is 11.8 Å². The van der Waals surface area contributed by atoms with Crippen molar-refractivity contribution in [2.75, 3.05) is 7.11 Å².